The number of rotatable bonds is 7. The molecule has 0 radical (unpaired) electrons. The standard InChI is InChI=1S/C26H34N4O3/c1-26(2,3)30-25(33)19-10-7-13-21(15-19)27-17-23(31)28-22-14-8-9-18(16-22)24(32)29-20-11-5-4-6-12-20/h7-10,13-16,20,27H,4-6,11-12,17H2,1-3H3,(H,28,31)(H,29,32)(H,30,33). The lowest BCUT2D eigenvalue weighted by Gasteiger charge is -2.22. The van der Waals surface area contributed by atoms with Crippen LogP contribution in [0.25, 0.3) is 0 Å². The van der Waals surface area contributed by atoms with Gasteiger partial charge in [-0.3, -0.25) is 14.4 Å². The average Bonchev–Trinajstić information content (AvgIpc) is 2.77. The predicted octanol–water partition coefficient (Wildman–Crippen LogP) is 4.33. The zero-order valence-electron chi connectivity index (χ0n) is 19.7. The van der Waals surface area contributed by atoms with Crippen LogP contribution in [0.1, 0.15) is 73.6 Å². The maximum absolute atomic E-state index is 12.6. The lowest BCUT2D eigenvalue weighted by molar-refractivity contribution is -0.114. The third kappa shape index (κ3) is 7.93. The smallest absolute Gasteiger partial charge is 0.251 e. The largest absolute Gasteiger partial charge is 0.376 e. The SMILES string of the molecule is CC(C)(C)NC(=O)c1cccc(NCC(=O)Nc2cccc(C(=O)NC3CCCCC3)c2)c1. The van der Waals surface area contributed by atoms with Gasteiger partial charge in [0, 0.05) is 34.1 Å². The molecule has 2 aromatic carbocycles. The summed E-state index contributed by atoms with van der Waals surface area (Å²) < 4.78 is 0. The monoisotopic (exact) mass is 450 g/mol. The van der Waals surface area contributed by atoms with Gasteiger partial charge in [0.2, 0.25) is 5.91 Å². The quantitative estimate of drug-likeness (QED) is 0.505. The third-order valence-corrected chi connectivity index (χ3v) is 5.42. The summed E-state index contributed by atoms with van der Waals surface area (Å²) in [6.07, 6.45) is 5.58. The Bertz CT molecular complexity index is 991. The number of nitrogens with one attached hydrogen (secondary N) is 4. The van der Waals surface area contributed by atoms with Gasteiger partial charge < -0.3 is 21.3 Å². The molecule has 3 amide bonds. The number of anilines is 2. The summed E-state index contributed by atoms with van der Waals surface area (Å²) in [5.41, 5.74) is 1.96. The Morgan fingerprint density at radius 2 is 1.45 bits per heavy atom. The normalized spacial score (nSPS) is 14.3. The fourth-order valence-electron chi connectivity index (χ4n) is 3.82. The first-order valence-electron chi connectivity index (χ1n) is 11.6. The van der Waals surface area contributed by atoms with Crippen molar-refractivity contribution in [2.24, 2.45) is 0 Å². The van der Waals surface area contributed by atoms with Gasteiger partial charge in [-0.05, 0) is 70.0 Å². The van der Waals surface area contributed by atoms with Crippen molar-refractivity contribution in [2.75, 3.05) is 17.2 Å². The van der Waals surface area contributed by atoms with E-state index < -0.39 is 0 Å². The maximum Gasteiger partial charge on any atom is 0.251 e. The summed E-state index contributed by atoms with van der Waals surface area (Å²) >= 11 is 0. The summed E-state index contributed by atoms with van der Waals surface area (Å²) in [5, 5.41) is 11.9. The molecule has 0 bridgehead atoms. The zero-order chi connectivity index (χ0) is 23.8. The Morgan fingerprint density at radius 3 is 2.12 bits per heavy atom. The van der Waals surface area contributed by atoms with Crippen LogP contribution < -0.4 is 21.3 Å². The molecule has 1 aliphatic rings. The van der Waals surface area contributed by atoms with Crippen LogP contribution in [-0.2, 0) is 4.79 Å². The van der Waals surface area contributed by atoms with Crippen LogP contribution in [0.15, 0.2) is 48.5 Å². The topological polar surface area (TPSA) is 99.3 Å². The van der Waals surface area contributed by atoms with Crippen LogP contribution in [-0.4, -0.2) is 35.8 Å². The molecule has 3 rings (SSSR count). The van der Waals surface area contributed by atoms with E-state index in [1.165, 1.54) is 6.42 Å². The molecule has 7 heteroatoms. The molecule has 176 valence electrons. The van der Waals surface area contributed by atoms with Crippen LogP contribution in [0, 0.1) is 0 Å². The van der Waals surface area contributed by atoms with E-state index in [9.17, 15) is 14.4 Å². The van der Waals surface area contributed by atoms with Crippen molar-refractivity contribution in [3.05, 3.63) is 59.7 Å². The average molecular weight is 451 g/mol. The lowest BCUT2D eigenvalue weighted by Crippen LogP contribution is -2.40. The number of benzene rings is 2. The molecule has 0 aliphatic heterocycles. The molecule has 0 unspecified atom stereocenters. The zero-order valence-corrected chi connectivity index (χ0v) is 19.7. The number of hydrogen-bond donors (Lipinski definition) is 4. The van der Waals surface area contributed by atoms with Crippen LogP contribution >= 0.6 is 0 Å². The minimum absolute atomic E-state index is 0.0306. The predicted molar refractivity (Wildman–Crippen MR) is 132 cm³/mol. The molecule has 0 atom stereocenters. The Balaban J connectivity index is 1.53. The van der Waals surface area contributed by atoms with E-state index in [0.29, 0.717) is 22.5 Å². The van der Waals surface area contributed by atoms with Crippen molar-refractivity contribution in [2.45, 2.75) is 64.5 Å². The summed E-state index contributed by atoms with van der Waals surface area (Å²) in [6.45, 7) is 5.80. The Labute approximate surface area is 195 Å². The second-order valence-corrected chi connectivity index (χ2v) is 9.58. The van der Waals surface area contributed by atoms with Crippen molar-refractivity contribution < 1.29 is 14.4 Å². The second kappa shape index (κ2) is 11.0. The molecule has 1 saturated carbocycles. The number of carbonyl (C=O) groups excluding carboxylic acids is 3. The molecule has 0 heterocycles. The minimum atomic E-state index is -0.331. The van der Waals surface area contributed by atoms with Gasteiger partial charge >= 0.3 is 0 Å². The number of carbonyl (C=O) groups is 3. The van der Waals surface area contributed by atoms with Gasteiger partial charge in [-0.15, -0.1) is 0 Å². The molecule has 7 nitrogen and oxygen atoms in total. The van der Waals surface area contributed by atoms with E-state index in [4.69, 9.17) is 0 Å². The van der Waals surface area contributed by atoms with E-state index in [2.05, 4.69) is 21.3 Å². The number of amides is 3. The summed E-state index contributed by atoms with van der Waals surface area (Å²) in [7, 11) is 0. The Morgan fingerprint density at radius 1 is 0.848 bits per heavy atom. The van der Waals surface area contributed by atoms with Gasteiger partial charge in [0.1, 0.15) is 0 Å². The van der Waals surface area contributed by atoms with Gasteiger partial charge in [0.25, 0.3) is 11.8 Å². The van der Waals surface area contributed by atoms with E-state index in [-0.39, 0.29) is 35.8 Å². The second-order valence-electron chi connectivity index (χ2n) is 9.58. The van der Waals surface area contributed by atoms with Crippen molar-refractivity contribution in [3.63, 3.8) is 0 Å². The van der Waals surface area contributed by atoms with Crippen molar-refractivity contribution in [1.29, 1.82) is 0 Å². The molecule has 1 aliphatic carbocycles. The first-order chi connectivity index (χ1) is 15.7. The van der Waals surface area contributed by atoms with Crippen LogP contribution in [0.3, 0.4) is 0 Å². The van der Waals surface area contributed by atoms with E-state index >= 15 is 0 Å². The molecule has 4 N–H and O–H groups in total. The molecule has 2 aromatic rings. The molecule has 0 aromatic heterocycles. The van der Waals surface area contributed by atoms with Gasteiger partial charge in [0.05, 0.1) is 6.54 Å². The molecular weight excluding hydrogens is 416 g/mol. The maximum atomic E-state index is 12.6. The third-order valence-electron chi connectivity index (χ3n) is 5.42. The summed E-state index contributed by atoms with van der Waals surface area (Å²) in [4.78, 5) is 37.4. The molecule has 0 saturated heterocycles. The van der Waals surface area contributed by atoms with Gasteiger partial charge in [-0.2, -0.15) is 0 Å². The highest BCUT2D eigenvalue weighted by molar-refractivity contribution is 5.98. The summed E-state index contributed by atoms with van der Waals surface area (Å²) in [6, 6.07) is 14.2. The lowest BCUT2D eigenvalue weighted by atomic mass is 9.95. The molecule has 1 fully saturated rings. The number of hydrogen-bond acceptors (Lipinski definition) is 4. The summed E-state index contributed by atoms with van der Waals surface area (Å²) in [5.74, 6) is -0.523. The molecule has 33 heavy (non-hydrogen) atoms. The van der Waals surface area contributed by atoms with E-state index in [0.717, 1.165) is 25.7 Å². The van der Waals surface area contributed by atoms with E-state index in [1.54, 1.807) is 48.5 Å². The Kier molecular flexibility index (Phi) is 8.09. The highest BCUT2D eigenvalue weighted by atomic mass is 16.2. The van der Waals surface area contributed by atoms with Crippen LogP contribution in [0.4, 0.5) is 11.4 Å². The molecule has 0 spiro atoms. The highest BCUT2D eigenvalue weighted by Gasteiger charge is 2.17. The fourth-order valence-corrected chi connectivity index (χ4v) is 3.82. The Hall–Kier alpha value is -3.35. The van der Waals surface area contributed by atoms with Crippen molar-refractivity contribution in [1.82, 2.24) is 10.6 Å². The minimum Gasteiger partial charge on any atom is -0.376 e. The van der Waals surface area contributed by atoms with Crippen LogP contribution in [0.5, 0.6) is 0 Å². The van der Waals surface area contributed by atoms with Crippen molar-refractivity contribution in [3.8, 4) is 0 Å². The fraction of sp³-hybridized carbons (Fsp3) is 0.423. The van der Waals surface area contributed by atoms with Gasteiger partial charge in [-0.25, -0.2) is 0 Å². The van der Waals surface area contributed by atoms with Gasteiger partial charge in [0.15, 0.2) is 0 Å². The van der Waals surface area contributed by atoms with Gasteiger partial charge in [-0.1, -0.05) is 31.4 Å². The first-order valence-corrected chi connectivity index (χ1v) is 11.6. The highest BCUT2D eigenvalue weighted by Crippen LogP contribution is 2.19. The van der Waals surface area contributed by atoms with E-state index in [1.807, 2.05) is 20.8 Å². The van der Waals surface area contributed by atoms with Crippen molar-refractivity contribution >= 4 is 29.1 Å². The van der Waals surface area contributed by atoms with Crippen LogP contribution in [0.2, 0.25) is 0 Å². The molecular formula is C26H34N4O3. The first kappa shape index (κ1) is 24.3.